The van der Waals surface area contributed by atoms with Crippen LogP contribution < -0.4 is 20.7 Å². The quantitative estimate of drug-likeness (QED) is 0.270. The summed E-state index contributed by atoms with van der Waals surface area (Å²) in [6.45, 7) is 3.80. The lowest BCUT2D eigenvalue weighted by Crippen LogP contribution is -2.19. The highest BCUT2D eigenvalue weighted by Gasteiger charge is 2.17. The third kappa shape index (κ3) is 6.26. The molecule has 4 aromatic rings. The van der Waals surface area contributed by atoms with Gasteiger partial charge in [0.1, 0.15) is 5.75 Å². The average molecular weight is 466 g/mol. The van der Waals surface area contributed by atoms with Crippen LogP contribution in [0.1, 0.15) is 34.6 Å². The van der Waals surface area contributed by atoms with Gasteiger partial charge in [0, 0.05) is 17.1 Å². The summed E-state index contributed by atoms with van der Waals surface area (Å²) >= 11 is 0. The van der Waals surface area contributed by atoms with Gasteiger partial charge in [-0.15, -0.1) is 0 Å². The molecule has 0 aliphatic carbocycles. The normalized spacial score (nSPS) is 10.5. The Balaban J connectivity index is 1.46. The van der Waals surface area contributed by atoms with Crippen molar-refractivity contribution in [1.29, 1.82) is 0 Å². The lowest BCUT2D eigenvalue weighted by Gasteiger charge is -2.15. The van der Waals surface area contributed by atoms with Crippen LogP contribution in [0.2, 0.25) is 0 Å². The SMILES string of the molecule is CC(C)Oc1ccccc1C(=O)Nc1ccccc1C(=O)Nc1ccc(Nc2ccccc2)cc1. The van der Waals surface area contributed by atoms with Gasteiger partial charge in [0.25, 0.3) is 11.8 Å². The Morgan fingerprint density at radius 3 is 1.86 bits per heavy atom. The molecule has 3 N–H and O–H groups in total. The third-order valence-electron chi connectivity index (χ3n) is 5.12. The minimum absolute atomic E-state index is 0.0729. The monoisotopic (exact) mass is 465 g/mol. The standard InChI is InChI=1S/C29H27N3O3/c1-20(2)35-27-15-9-7-13-25(27)29(34)32-26-14-8-6-12-24(26)28(33)31-23-18-16-22(17-19-23)30-21-10-4-3-5-11-21/h3-20,30H,1-2H3,(H,31,33)(H,32,34). The molecule has 35 heavy (non-hydrogen) atoms. The molecule has 0 aromatic heterocycles. The number of benzene rings is 4. The molecule has 4 rings (SSSR count). The fourth-order valence-corrected chi connectivity index (χ4v) is 3.51. The zero-order chi connectivity index (χ0) is 24.6. The minimum atomic E-state index is -0.349. The zero-order valence-corrected chi connectivity index (χ0v) is 19.6. The van der Waals surface area contributed by atoms with Gasteiger partial charge in [-0.3, -0.25) is 9.59 Å². The Bertz CT molecular complexity index is 1300. The number of ether oxygens (including phenoxy) is 1. The number of para-hydroxylation sites is 3. The van der Waals surface area contributed by atoms with Gasteiger partial charge in [0.05, 0.1) is 22.9 Å². The number of rotatable bonds is 8. The van der Waals surface area contributed by atoms with E-state index in [0.717, 1.165) is 11.4 Å². The first-order valence-corrected chi connectivity index (χ1v) is 11.4. The van der Waals surface area contributed by atoms with Crippen LogP contribution in [0.15, 0.2) is 103 Å². The highest BCUT2D eigenvalue weighted by molar-refractivity contribution is 6.13. The lowest BCUT2D eigenvalue weighted by molar-refractivity contribution is 0.102. The van der Waals surface area contributed by atoms with Gasteiger partial charge in [-0.1, -0.05) is 42.5 Å². The van der Waals surface area contributed by atoms with Crippen molar-refractivity contribution in [1.82, 2.24) is 0 Å². The largest absolute Gasteiger partial charge is 0.490 e. The van der Waals surface area contributed by atoms with Crippen molar-refractivity contribution >= 4 is 34.6 Å². The molecule has 6 nitrogen and oxygen atoms in total. The second-order valence-electron chi connectivity index (χ2n) is 8.18. The van der Waals surface area contributed by atoms with Crippen LogP contribution in [-0.2, 0) is 0 Å². The van der Waals surface area contributed by atoms with E-state index < -0.39 is 0 Å². The van der Waals surface area contributed by atoms with E-state index in [1.165, 1.54) is 0 Å². The van der Waals surface area contributed by atoms with Gasteiger partial charge in [0.15, 0.2) is 0 Å². The minimum Gasteiger partial charge on any atom is -0.490 e. The molecule has 0 saturated carbocycles. The van der Waals surface area contributed by atoms with Crippen LogP contribution in [-0.4, -0.2) is 17.9 Å². The zero-order valence-electron chi connectivity index (χ0n) is 19.6. The Morgan fingerprint density at radius 2 is 1.14 bits per heavy atom. The van der Waals surface area contributed by atoms with E-state index in [0.29, 0.717) is 28.3 Å². The lowest BCUT2D eigenvalue weighted by atomic mass is 10.1. The molecular formula is C29H27N3O3. The van der Waals surface area contributed by atoms with Crippen LogP contribution in [0.25, 0.3) is 0 Å². The number of amides is 2. The van der Waals surface area contributed by atoms with Crippen LogP contribution >= 0.6 is 0 Å². The van der Waals surface area contributed by atoms with Crippen LogP contribution in [0.4, 0.5) is 22.7 Å². The molecule has 0 atom stereocenters. The Kier molecular flexibility index (Phi) is 7.43. The van der Waals surface area contributed by atoms with Crippen molar-refractivity contribution in [3.63, 3.8) is 0 Å². The van der Waals surface area contributed by atoms with Crippen LogP contribution in [0, 0.1) is 0 Å². The molecule has 0 aliphatic rings. The van der Waals surface area contributed by atoms with E-state index in [-0.39, 0.29) is 17.9 Å². The molecular weight excluding hydrogens is 438 g/mol. The van der Waals surface area contributed by atoms with Crippen molar-refractivity contribution in [2.45, 2.75) is 20.0 Å². The van der Waals surface area contributed by atoms with Gasteiger partial charge in [-0.2, -0.15) is 0 Å². The van der Waals surface area contributed by atoms with Crippen molar-refractivity contribution in [3.8, 4) is 5.75 Å². The van der Waals surface area contributed by atoms with Gasteiger partial charge in [-0.25, -0.2) is 0 Å². The van der Waals surface area contributed by atoms with Gasteiger partial charge < -0.3 is 20.7 Å². The summed E-state index contributed by atoms with van der Waals surface area (Å²) in [4.78, 5) is 26.0. The molecule has 0 radical (unpaired) electrons. The molecule has 0 saturated heterocycles. The topological polar surface area (TPSA) is 79.5 Å². The maximum Gasteiger partial charge on any atom is 0.259 e. The number of carbonyl (C=O) groups is 2. The Hall–Kier alpha value is -4.58. The maximum atomic E-state index is 13.0. The summed E-state index contributed by atoms with van der Waals surface area (Å²) in [5, 5.41) is 9.06. The number of hydrogen-bond acceptors (Lipinski definition) is 4. The summed E-state index contributed by atoms with van der Waals surface area (Å²) < 4.78 is 5.76. The molecule has 2 amide bonds. The molecule has 176 valence electrons. The Morgan fingerprint density at radius 1 is 0.600 bits per heavy atom. The third-order valence-corrected chi connectivity index (χ3v) is 5.12. The second kappa shape index (κ2) is 11.0. The predicted molar refractivity (Wildman–Crippen MR) is 141 cm³/mol. The maximum absolute atomic E-state index is 13.0. The predicted octanol–water partition coefficient (Wildman–Crippen LogP) is 6.72. The van der Waals surface area contributed by atoms with Gasteiger partial charge in [0.2, 0.25) is 0 Å². The first kappa shape index (κ1) is 23.6. The summed E-state index contributed by atoms with van der Waals surface area (Å²) in [5.41, 5.74) is 3.70. The number of carbonyl (C=O) groups excluding carboxylic acids is 2. The van der Waals surface area contributed by atoms with Crippen molar-refractivity contribution in [2.24, 2.45) is 0 Å². The number of hydrogen-bond donors (Lipinski definition) is 3. The Labute approximate surface area is 205 Å². The van der Waals surface area contributed by atoms with Gasteiger partial charge >= 0.3 is 0 Å². The van der Waals surface area contributed by atoms with Crippen molar-refractivity contribution in [2.75, 3.05) is 16.0 Å². The number of anilines is 4. The summed E-state index contributed by atoms with van der Waals surface area (Å²) in [5.74, 6) is -0.180. The van der Waals surface area contributed by atoms with Crippen LogP contribution in [0.5, 0.6) is 5.75 Å². The summed E-state index contributed by atoms with van der Waals surface area (Å²) in [6, 6.07) is 31.2. The molecule has 0 unspecified atom stereocenters. The van der Waals surface area contributed by atoms with E-state index in [1.807, 2.05) is 74.5 Å². The summed E-state index contributed by atoms with van der Waals surface area (Å²) in [7, 11) is 0. The van der Waals surface area contributed by atoms with E-state index in [4.69, 9.17) is 4.74 Å². The van der Waals surface area contributed by atoms with E-state index in [9.17, 15) is 9.59 Å². The fraction of sp³-hybridized carbons (Fsp3) is 0.103. The fourth-order valence-electron chi connectivity index (χ4n) is 3.51. The molecule has 0 fully saturated rings. The molecule has 0 bridgehead atoms. The highest BCUT2D eigenvalue weighted by atomic mass is 16.5. The first-order chi connectivity index (χ1) is 17.0. The molecule has 0 heterocycles. The van der Waals surface area contributed by atoms with E-state index >= 15 is 0 Å². The molecule has 0 spiro atoms. The summed E-state index contributed by atoms with van der Waals surface area (Å²) in [6.07, 6.45) is -0.0729. The average Bonchev–Trinajstić information content (AvgIpc) is 2.86. The number of nitrogens with one attached hydrogen (secondary N) is 3. The van der Waals surface area contributed by atoms with Crippen molar-refractivity contribution in [3.05, 3.63) is 114 Å². The molecule has 4 aromatic carbocycles. The van der Waals surface area contributed by atoms with E-state index in [1.54, 1.807) is 42.5 Å². The van der Waals surface area contributed by atoms with E-state index in [2.05, 4.69) is 16.0 Å². The van der Waals surface area contributed by atoms with Crippen LogP contribution in [0.3, 0.4) is 0 Å². The smallest absolute Gasteiger partial charge is 0.259 e. The second-order valence-corrected chi connectivity index (χ2v) is 8.18. The molecule has 6 heteroatoms. The van der Waals surface area contributed by atoms with Crippen molar-refractivity contribution < 1.29 is 14.3 Å². The first-order valence-electron chi connectivity index (χ1n) is 11.4. The molecule has 0 aliphatic heterocycles. The highest BCUT2D eigenvalue weighted by Crippen LogP contribution is 2.24. The van der Waals surface area contributed by atoms with Gasteiger partial charge in [-0.05, 0) is 74.5 Å².